The number of rotatable bonds is 5. The maximum atomic E-state index is 12.1. The van der Waals surface area contributed by atoms with Gasteiger partial charge in [-0.3, -0.25) is 14.9 Å². The van der Waals surface area contributed by atoms with Crippen molar-refractivity contribution in [3.63, 3.8) is 0 Å². The molecule has 0 atom stereocenters. The van der Waals surface area contributed by atoms with E-state index in [2.05, 4.69) is 10.5 Å². The van der Waals surface area contributed by atoms with Crippen molar-refractivity contribution in [2.45, 2.75) is 0 Å². The van der Waals surface area contributed by atoms with Crippen molar-refractivity contribution < 1.29 is 23.9 Å². The predicted octanol–water partition coefficient (Wildman–Crippen LogP) is 2.14. The van der Waals surface area contributed by atoms with Gasteiger partial charge >= 0.3 is 5.69 Å². The van der Waals surface area contributed by atoms with E-state index in [-0.39, 0.29) is 11.4 Å². The van der Waals surface area contributed by atoms with Crippen LogP contribution in [0.1, 0.15) is 15.9 Å². The second kappa shape index (κ2) is 7.51. The number of fused-ring (bicyclic) bond motifs is 1. The Kier molecular flexibility index (Phi) is 4.97. The number of amides is 1. The smallest absolute Gasteiger partial charge is 0.311 e. The third-order valence-corrected chi connectivity index (χ3v) is 3.58. The average Bonchev–Trinajstić information content (AvgIpc) is 2.67. The zero-order chi connectivity index (χ0) is 18.5. The number of nitro groups is 1. The van der Waals surface area contributed by atoms with Crippen LogP contribution in [0.15, 0.2) is 41.5 Å². The Balaban J connectivity index is 1.69. The largest absolute Gasteiger partial charge is 0.490 e. The lowest BCUT2D eigenvalue weighted by molar-refractivity contribution is -0.385. The van der Waals surface area contributed by atoms with Gasteiger partial charge < -0.3 is 14.2 Å². The summed E-state index contributed by atoms with van der Waals surface area (Å²) in [5, 5.41) is 14.8. The summed E-state index contributed by atoms with van der Waals surface area (Å²) in [6.07, 6.45) is 1.31. The van der Waals surface area contributed by atoms with Crippen molar-refractivity contribution in [1.82, 2.24) is 5.43 Å². The fourth-order valence-electron chi connectivity index (χ4n) is 2.34. The van der Waals surface area contributed by atoms with Crippen molar-refractivity contribution in [3.8, 4) is 17.2 Å². The Bertz CT molecular complexity index is 881. The van der Waals surface area contributed by atoms with Gasteiger partial charge in [0.1, 0.15) is 13.2 Å². The first-order chi connectivity index (χ1) is 12.6. The number of nitro benzene ring substituents is 1. The zero-order valence-corrected chi connectivity index (χ0v) is 13.8. The third-order valence-electron chi connectivity index (χ3n) is 3.58. The van der Waals surface area contributed by atoms with E-state index in [4.69, 9.17) is 14.2 Å². The molecule has 134 valence electrons. The quantitative estimate of drug-likeness (QED) is 0.498. The van der Waals surface area contributed by atoms with Gasteiger partial charge in [-0.1, -0.05) is 0 Å². The summed E-state index contributed by atoms with van der Waals surface area (Å²) in [6, 6.07) is 9.17. The lowest BCUT2D eigenvalue weighted by Gasteiger charge is -2.18. The van der Waals surface area contributed by atoms with Crippen LogP contribution in [0.5, 0.6) is 17.2 Å². The van der Waals surface area contributed by atoms with Crippen LogP contribution in [0.3, 0.4) is 0 Å². The molecule has 1 N–H and O–H groups in total. The number of nitrogens with one attached hydrogen (secondary N) is 1. The maximum absolute atomic E-state index is 12.1. The molecule has 1 aliphatic rings. The molecule has 0 saturated carbocycles. The highest BCUT2D eigenvalue weighted by molar-refractivity contribution is 5.95. The van der Waals surface area contributed by atoms with Gasteiger partial charge in [0.05, 0.1) is 18.2 Å². The van der Waals surface area contributed by atoms with Gasteiger partial charge in [-0.15, -0.1) is 0 Å². The summed E-state index contributed by atoms with van der Waals surface area (Å²) in [6.45, 7) is 0.892. The first-order valence-corrected chi connectivity index (χ1v) is 7.64. The fraction of sp³-hybridized carbons (Fsp3) is 0.176. The van der Waals surface area contributed by atoms with E-state index in [9.17, 15) is 14.9 Å². The van der Waals surface area contributed by atoms with Crippen LogP contribution in [0, 0.1) is 10.1 Å². The van der Waals surface area contributed by atoms with E-state index in [1.165, 1.54) is 25.5 Å². The van der Waals surface area contributed by atoms with E-state index in [0.29, 0.717) is 35.8 Å². The second-order valence-corrected chi connectivity index (χ2v) is 5.25. The Hall–Kier alpha value is -3.62. The highest BCUT2D eigenvalue weighted by Gasteiger charge is 2.16. The summed E-state index contributed by atoms with van der Waals surface area (Å²) in [5.74, 6) is 0.786. The molecule has 26 heavy (non-hydrogen) atoms. The monoisotopic (exact) mass is 357 g/mol. The van der Waals surface area contributed by atoms with Gasteiger partial charge in [-0.05, 0) is 30.3 Å². The Morgan fingerprint density at radius 1 is 1.23 bits per heavy atom. The molecule has 9 heteroatoms. The lowest BCUT2D eigenvalue weighted by Crippen LogP contribution is -2.19. The van der Waals surface area contributed by atoms with Crippen molar-refractivity contribution in [1.29, 1.82) is 0 Å². The number of benzene rings is 2. The first-order valence-electron chi connectivity index (χ1n) is 7.64. The van der Waals surface area contributed by atoms with Crippen LogP contribution in [0.25, 0.3) is 0 Å². The maximum Gasteiger partial charge on any atom is 0.311 e. The standard InChI is InChI=1S/C17H15N3O6/c1-24-14-4-2-11(8-13(14)20(22)23)10-18-19-17(21)12-3-5-15-16(9-12)26-7-6-25-15/h2-5,8-10H,6-7H2,1H3,(H,19,21)/b18-10+. The summed E-state index contributed by atoms with van der Waals surface area (Å²) < 4.78 is 15.8. The Morgan fingerprint density at radius 2 is 2.00 bits per heavy atom. The van der Waals surface area contributed by atoms with E-state index >= 15 is 0 Å². The van der Waals surface area contributed by atoms with Crippen LogP contribution in [0.2, 0.25) is 0 Å². The first kappa shape index (κ1) is 17.2. The van der Waals surface area contributed by atoms with Gasteiger partial charge in [0.15, 0.2) is 17.2 Å². The molecular formula is C17H15N3O6. The normalized spacial score (nSPS) is 12.7. The molecule has 0 bridgehead atoms. The van der Waals surface area contributed by atoms with Crippen molar-refractivity contribution in [3.05, 3.63) is 57.6 Å². The van der Waals surface area contributed by atoms with Crippen molar-refractivity contribution in [2.24, 2.45) is 5.10 Å². The lowest BCUT2D eigenvalue weighted by atomic mass is 10.2. The molecule has 1 heterocycles. The molecule has 1 aliphatic heterocycles. The van der Waals surface area contributed by atoms with Crippen LogP contribution >= 0.6 is 0 Å². The molecule has 9 nitrogen and oxygen atoms in total. The number of carbonyl (C=O) groups is 1. The van der Waals surface area contributed by atoms with E-state index in [1.807, 2.05) is 0 Å². The number of hydrogen-bond donors (Lipinski definition) is 1. The van der Waals surface area contributed by atoms with Crippen molar-refractivity contribution >= 4 is 17.8 Å². The topological polar surface area (TPSA) is 112 Å². The van der Waals surface area contributed by atoms with Crippen LogP contribution in [0.4, 0.5) is 5.69 Å². The number of nitrogens with zero attached hydrogens (tertiary/aromatic N) is 2. The van der Waals surface area contributed by atoms with Gasteiger partial charge in [-0.2, -0.15) is 5.10 Å². The molecule has 1 amide bonds. The summed E-state index contributed by atoms with van der Waals surface area (Å²) in [4.78, 5) is 22.6. The van der Waals surface area contributed by atoms with Crippen LogP contribution in [-0.2, 0) is 0 Å². The Morgan fingerprint density at radius 3 is 2.73 bits per heavy atom. The summed E-state index contributed by atoms with van der Waals surface area (Å²) in [7, 11) is 1.35. The molecule has 0 fully saturated rings. The number of hydrogen-bond acceptors (Lipinski definition) is 7. The predicted molar refractivity (Wildman–Crippen MR) is 92.1 cm³/mol. The SMILES string of the molecule is COc1ccc(/C=N/NC(=O)c2ccc3c(c2)OCCO3)cc1[N+](=O)[O-]. The van der Waals surface area contributed by atoms with Crippen LogP contribution < -0.4 is 19.6 Å². The van der Waals surface area contributed by atoms with Gasteiger partial charge in [0, 0.05) is 17.2 Å². The molecule has 0 aromatic heterocycles. The van der Waals surface area contributed by atoms with E-state index in [1.54, 1.807) is 24.3 Å². The highest BCUT2D eigenvalue weighted by atomic mass is 16.6. The highest BCUT2D eigenvalue weighted by Crippen LogP contribution is 2.30. The number of carbonyl (C=O) groups excluding carboxylic acids is 1. The minimum Gasteiger partial charge on any atom is -0.490 e. The zero-order valence-electron chi connectivity index (χ0n) is 13.8. The Labute approximate surface area is 148 Å². The molecule has 2 aromatic carbocycles. The molecule has 2 aromatic rings. The number of methoxy groups -OCH3 is 1. The average molecular weight is 357 g/mol. The molecule has 0 spiro atoms. The molecule has 0 unspecified atom stereocenters. The summed E-state index contributed by atoms with van der Waals surface area (Å²) >= 11 is 0. The molecule has 0 radical (unpaired) electrons. The van der Waals surface area contributed by atoms with Crippen molar-refractivity contribution in [2.75, 3.05) is 20.3 Å². The van der Waals surface area contributed by atoms with E-state index < -0.39 is 10.8 Å². The van der Waals surface area contributed by atoms with Crippen LogP contribution in [-0.4, -0.2) is 37.4 Å². The van der Waals surface area contributed by atoms with Gasteiger partial charge in [-0.25, -0.2) is 5.43 Å². The molecule has 0 aliphatic carbocycles. The number of hydrazone groups is 1. The van der Waals surface area contributed by atoms with Gasteiger partial charge in [0.25, 0.3) is 5.91 Å². The summed E-state index contributed by atoms with van der Waals surface area (Å²) in [5.41, 5.74) is 2.98. The second-order valence-electron chi connectivity index (χ2n) is 5.25. The molecular weight excluding hydrogens is 342 g/mol. The molecule has 3 rings (SSSR count). The van der Waals surface area contributed by atoms with E-state index in [0.717, 1.165) is 0 Å². The molecule has 0 saturated heterocycles. The third kappa shape index (κ3) is 3.72. The van der Waals surface area contributed by atoms with Gasteiger partial charge in [0.2, 0.25) is 0 Å². The number of ether oxygens (including phenoxy) is 3. The minimum atomic E-state index is -0.552. The minimum absolute atomic E-state index is 0.146. The fourth-order valence-corrected chi connectivity index (χ4v) is 2.34.